The summed E-state index contributed by atoms with van der Waals surface area (Å²) in [4.78, 5) is 11.2. The molecule has 1 aromatic rings. The molecule has 1 aliphatic heterocycles. The predicted molar refractivity (Wildman–Crippen MR) is 87.2 cm³/mol. The van der Waals surface area contributed by atoms with Gasteiger partial charge in [0.25, 0.3) is 5.92 Å². The summed E-state index contributed by atoms with van der Waals surface area (Å²) < 4.78 is 59.6. The van der Waals surface area contributed by atoms with Crippen molar-refractivity contribution < 1.29 is 31.8 Å². The van der Waals surface area contributed by atoms with Crippen LogP contribution in [-0.2, 0) is 14.8 Å². The van der Waals surface area contributed by atoms with Crippen LogP contribution in [-0.4, -0.2) is 37.1 Å². The quantitative estimate of drug-likeness (QED) is 0.844. The molecule has 1 heterocycles. The fraction of sp³-hybridized carbons (Fsp3) is 0.438. The van der Waals surface area contributed by atoms with Crippen molar-refractivity contribution in [3.8, 4) is 5.75 Å². The zero-order valence-corrected chi connectivity index (χ0v) is 14.9. The number of ether oxygens (including phenoxy) is 1. The summed E-state index contributed by atoms with van der Waals surface area (Å²) in [6.07, 6.45) is -0.938. The first-order valence-electron chi connectivity index (χ1n) is 7.38. The van der Waals surface area contributed by atoms with E-state index < -0.39 is 39.1 Å². The number of benzene rings is 1. The van der Waals surface area contributed by atoms with Gasteiger partial charge >= 0.3 is 5.97 Å². The van der Waals surface area contributed by atoms with E-state index in [9.17, 15) is 22.0 Å². The summed E-state index contributed by atoms with van der Waals surface area (Å²) in [5, 5.41) is 9.17. The molecule has 0 radical (unpaired) electrons. The molecule has 2 rings (SSSR count). The maximum atomic E-state index is 13.6. The molecule has 0 aromatic heterocycles. The van der Waals surface area contributed by atoms with Crippen molar-refractivity contribution in [2.45, 2.75) is 50.2 Å². The first kappa shape index (κ1) is 19.3. The highest BCUT2D eigenvalue weighted by atomic mass is 32.2. The fourth-order valence-corrected chi connectivity index (χ4v) is 3.81. The lowest BCUT2D eigenvalue weighted by molar-refractivity contribution is -0.137. The molecule has 2 N–H and O–H groups in total. The van der Waals surface area contributed by atoms with Crippen molar-refractivity contribution in [3.05, 3.63) is 29.3 Å². The van der Waals surface area contributed by atoms with Crippen LogP contribution in [0.25, 0.3) is 6.08 Å². The van der Waals surface area contributed by atoms with Gasteiger partial charge in [-0.2, -0.15) is 0 Å². The van der Waals surface area contributed by atoms with Gasteiger partial charge in [-0.25, -0.2) is 26.7 Å². The predicted octanol–water partition coefficient (Wildman–Crippen LogP) is 2.65. The van der Waals surface area contributed by atoms with Crippen molar-refractivity contribution in [1.29, 1.82) is 0 Å². The van der Waals surface area contributed by atoms with Crippen molar-refractivity contribution in [3.63, 3.8) is 0 Å². The number of nitrogens with one attached hydrogen (secondary N) is 1. The third-order valence-electron chi connectivity index (χ3n) is 3.28. The van der Waals surface area contributed by atoms with Gasteiger partial charge < -0.3 is 9.84 Å². The Hall–Kier alpha value is -2.00. The van der Waals surface area contributed by atoms with Gasteiger partial charge in [0.05, 0.1) is 10.5 Å². The lowest BCUT2D eigenvalue weighted by Gasteiger charge is -2.29. The lowest BCUT2D eigenvalue weighted by Crippen LogP contribution is -2.41. The second kappa shape index (κ2) is 6.06. The smallest absolute Gasteiger partial charge is 0.335 e. The summed E-state index contributed by atoms with van der Waals surface area (Å²) in [6, 6.07) is 3.65. The van der Waals surface area contributed by atoms with E-state index in [-0.39, 0.29) is 16.2 Å². The Bertz CT molecular complexity index is 835. The minimum absolute atomic E-state index is 0.00812. The molecule has 0 fully saturated rings. The van der Waals surface area contributed by atoms with Crippen LogP contribution in [0.1, 0.15) is 33.3 Å². The second-order valence-corrected chi connectivity index (χ2v) is 8.60. The Morgan fingerprint density at radius 1 is 1.24 bits per heavy atom. The number of carbonyl (C=O) groups is 1. The van der Waals surface area contributed by atoms with Crippen LogP contribution < -0.4 is 9.46 Å². The molecule has 9 heteroatoms. The van der Waals surface area contributed by atoms with Crippen molar-refractivity contribution in [1.82, 2.24) is 4.72 Å². The number of rotatable bonds is 4. The van der Waals surface area contributed by atoms with Crippen LogP contribution >= 0.6 is 0 Å². The molecule has 6 nitrogen and oxygen atoms in total. The number of aliphatic carboxylic acids is 1. The highest BCUT2D eigenvalue weighted by Crippen LogP contribution is 2.37. The Kier molecular flexibility index (Phi) is 4.69. The number of hydrogen-bond acceptors (Lipinski definition) is 4. The number of sulfonamides is 1. The van der Waals surface area contributed by atoms with Crippen molar-refractivity contribution in [2.24, 2.45) is 0 Å². The summed E-state index contributed by atoms with van der Waals surface area (Å²) in [5.74, 6) is -4.98. The largest absolute Gasteiger partial charge is 0.478 e. The molecule has 0 aliphatic carbocycles. The van der Waals surface area contributed by atoms with Gasteiger partial charge in [-0.1, -0.05) is 0 Å². The van der Waals surface area contributed by atoms with E-state index in [1.165, 1.54) is 18.2 Å². The molecular formula is C16H19F2NO5S. The zero-order chi connectivity index (χ0) is 19.2. The monoisotopic (exact) mass is 375 g/mol. The van der Waals surface area contributed by atoms with Crippen LogP contribution in [0.5, 0.6) is 5.75 Å². The lowest BCUT2D eigenvalue weighted by atomic mass is 9.98. The molecule has 0 spiro atoms. The molecular weight excluding hydrogens is 356 g/mol. The van der Waals surface area contributed by atoms with Crippen molar-refractivity contribution in [2.75, 3.05) is 0 Å². The first-order chi connectivity index (χ1) is 11.2. The molecule has 1 unspecified atom stereocenters. The summed E-state index contributed by atoms with van der Waals surface area (Å²) >= 11 is 0. The molecule has 25 heavy (non-hydrogen) atoms. The van der Waals surface area contributed by atoms with E-state index in [2.05, 4.69) is 4.72 Å². The Balaban J connectivity index is 2.51. The Morgan fingerprint density at radius 3 is 2.32 bits per heavy atom. The average Bonchev–Trinajstić information content (AvgIpc) is 2.41. The molecule has 0 bridgehead atoms. The van der Waals surface area contributed by atoms with Crippen LogP contribution in [0.3, 0.4) is 0 Å². The summed E-state index contributed by atoms with van der Waals surface area (Å²) in [6.45, 7) is 5.57. The van der Waals surface area contributed by atoms with E-state index in [0.717, 1.165) is 6.08 Å². The third kappa shape index (κ3) is 4.35. The highest BCUT2D eigenvalue weighted by molar-refractivity contribution is 7.89. The molecule has 1 aromatic carbocycles. The van der Waals surface area contributed by atoms with Crippen LogP contribution in [0.4, 0.5) is 8.78 Å². The van der Waals surface area contributed by atoms with Crippen LogP contribution in [0.15, 0.2) is 28.7 Å². The SMILES string of the molecule is CC(C)(C)NS(=O)(=O)c1ccc2c(c1)C=C(C(=O)O)C(C(C)(F)F)O2. The molecule has 1 atom stereocenters. The molecule has 1 aliphatic rings. The van der Waals surface area contributed by atoms with Gasteiger partial charge in [-0.05, 0) is 45.0 Å². The Morgan fingerprint density at radius 2 is 1.84 bits per heavy atom. The van der Waals surface area contributed by atoms with Crippen molar-refractivity contribution >= 4 is 22.1 Å². The molecule has 0 saturated heterocycles. The maximum Gasteiger partial charge on any atom is 0.335 e. The van der Waals surface area contributed by atoms with Gasteiger partial charge in [-0.3, -0.25) is 0 Å². The number of halogens is 2. The minimum atomic E-state index is -3.86. The minimum Gasteiger partial charge on any atom is -0.478 e. The Labute approximate surface area is 144 Å². The van der Waals surface area contributed by atoms with Crippen LogP contribution in [0, 0.1) is 0 Å². The second-order valence-electron chi connectivity index (χ2n) is 6.91. The highest BCUT2D eigenvalue weighted by Gasteiger charge is 2.44. The van der Waals surface area contributed by atoms with Gasteiger partial charge in [0.2, 0.25) is 10.0 Å². The topological polar surface area (TPSA) is 92.7 Å². The average molecular weight is 375 g/mol. The van der Waals surface area contributed by atoms with E-state index in [1.54, 1.807) is 20.8 Å². The van der Waals surface area contributed by atoms with Crippen LogP contribution in [0.2, 0.25) is 0 Å². The maximum absolute atomic E-state index is 13.6. The molecule has 0 amide bonds. The number of alkyl halides is 2. The molecule has 138 valence electrons. The zero-order valence-electron chi connectivity index (χ0n) is 14.1. The number of fused-ring (bicyclic) bond motifs is 1. The third-order valence-corrected chi connectivity index (χ3v) is 5.03. The van der Waals surface area contributed by atoms with Gasteiger partial charge in [0.1, 0.15) is 5.75 Å². The van der Waals surface area contributed by atoms with Gasteiger partial charge in [0, 0.05) is 18.0 Å². The van der Waals surface area contributed by atoms with E-state index in [0.29, 0.717) is 6.92 Å². The first-order valence-corrected chi connectivity index (χ1v) is 8.86. The van der Waals surface area contributed by atoms with E-state index in [1.807, 2.05) is 0 Å². The molecule has 0 saturated carbocycles. The fourth-order valence-electron chi connectivity index (χ4n) is 2.36. The number of hydrogen-bond donors (Lipinski definition) is 2. The summed E-state index contributed by atoms with van der Waals surface area (Å²) in [5.41, 5.74) is -1.25. The number of carboxylic acid groups (broad SMARTS) is 1. The van der Waals surface area contributed by atoms with Gasteiger partial charge in [-0.15, -0.1) is 0 Å². The summed E-state index contributed by atoms with van der Waals surface area (Å²) in [7, 11) is -3.86. The van der Waals surface area contributed by atoms with E-state index >= 15 is 0 Å². The standard InChI is InChI=1S/C16H19F2NO5S/c1-15(2,3)19-25(22,23)10-5-6-12-9(7-10)8-11(14(20)21)13(24-12)16(4,17)18/h5-8,13,19H,1-4H3,(H,20,21). The van der Waals surface area contributed by atoms with Gasteiger partial charge in [0.15, 0.2) is 6.10 Å². The van der Waals surface area contributed by atoms with E-state index in [4.69, 9.17) is 9.84 Å². The normalized spacial score (nSPS) is 18.2. The number of carboxylic acids is 1.